The molecule has 0 aliphatic carbocycles. The Bertz CT molecular complexity index is 1150. The molecule has 0 aliphatic rings. The minimum Gasteiger partial charge on any atom is -0.338 e. The second-order valence-corrected chi connectivity index (χ2v) is 7.93. The van der Waals surface area contributed by atoms with Crippen molar-refractivity contribution in [2.75, 3.05) is 0 Å². The van der Waals surface area contributed by atoms with Crippen molar-refractivity contribution in [2.45, 2.75) is 18.4 Å². The molecule has 0 unspecified atom stereocenters. The molecule has 0 saturated carbocycles. The number of rotatable bonds is 5. The lowest BCUT2D eigenvalue weighted by molar-refractivity contribution is 0.391. The smallest absolute Gasteiger partial charge is 0.258 e. The molecule has 0 fully saturated rings. The van der Waals surface area contributed by atoms with E-state index in [0.717, 1.165) is 15.7 Å². The minimum absolute atomic E-state index is 0.101. The maximum atomic E-state index is 12.2. The van der Waals surface area contributed by atoms with Gasteiger partial charge in [-0.2, -0.15) is 4.98 Å². The van der Waals surface area contributed by atoms with Crippen LogP contribution in [0.1, 0.15) is 17.1 Å². The molecule has 27 heavy (non-hydrogen) atoms. The third-order valence-electron chi connectivity index (χ3n) is 3.93. The van der Waals surface area contributed by atoms with E-state index in [-0.39, 0.29) is 5.56 Å². The predicted molar refractivity (Wildman–Crippen MR) is 109 cm³/mol. The van der Waals surface area contributed by atoms with Crippen LogP contribution in [0.2, 0.25) is 0 Å². The summed E-state index contributed by atoms with van der Waals surface area (Å²) in [5.74, 6) is 2.28. The fourth-order valence-corrected chi connectivity index (χ4v) is 3.66. The van der Waals surface area contributed by atoms with Crippen molar-refractivity contribution in [2.24, 2.45) is 0 Å². The van der Waals surface area contributed by atoms with Crippen LogP contribution in [0.25, 0.3) is 17.0 Å². The Balaban J connectivity index is 1.43. The normalized spacial score (nSPS) is 11.2. The lowest BCUT2D eigenvalue weighted by Crippen LogP contribution is -2.15. The van der Waals surface area contributed by atoms with E-state index in [2.05, 4.69) is 31.1 Å². The lowest BCUT2D eigenvalue weighted by atomic mass is 10.1. The highest BCUT2D eigenvalue weighted by Gasteiger charge is 2.09. The van der Waals surface area contributed by atoms with Gasteiger partial charge in [0.05, 0.1) is 11.4 Å². The molecule has 0 aliphatic heterocycles. The molecule has 0 atom stereocenters. The van der Waals surface area contributed by atoms with Gasteiger partial charge in [-0.05, 0) is 35.0 Å². The molecule has 1 aromatic carbocycles. The minimum atomic E-state index is -0.101. The van der Waals surface area contributed by atoms with Crippen LogP contribution in [0.3, 0.4) is 0 Å². The van der Waals surface area contributed by atoms with Gasteiger partial charge in [-0.15, -0.1) is 11.8 Å². The Morgan fingerprint density at radius 1 is 1.11 bits per heavy atom. The van der Waals surface area contributed by atoms with Crippen LogP contribution in [0.4, 0.5) is 0 Å². The molecule has 0 saturated heterocycles. The summed E-state index contributed by atoms with van der Waals surface area (Å²) < 4.78 is 7.67. The van der Waals surface area contributed by atoms with E-state index in [4.69, 9.17) is 4.52 Å². The quantitative estimate of drug-likeness (QED) is 0.459. The van der Waals surface area contributed by atoms with Crippen molar-refractivity contribution in [3.8, 4) is 11.4 Å². The molecule has 3 aromatic heterocycles. The number of halogens is 1. The Labute approximate surface area is 167 Å². The molecule has 0 spiro atoms. The average molecular weight is 443 g/mol. The van der Waals surface area contributed by atoms with Crippen LogP contribution in [0.5, 0.6) is 0 Å². The number of hydrogen-bond donors (Lipinski definition) is 0. The second kappa shape index (κ2) is 7.66. The van der Waals surface area contributed by atoms with Gasteiger partial charge in [-0.1, -0.05) is 35.0 Å². The molecule has 8 heteroatoms. The van der Waals surface area contributed by atoms with Crippen LogP contribution < -0.4 is 5.56 Å². The Morgan fingerprint density at radius 2 is 1.93 bits per heavy atom. The molecular formula is C19H15BrN4O2S. The summed E-state index contributed by atoms with van der Waals surface area (Å²) in [7, 11) is 0. The molecule has 0 bridgehead atoms. The molecule has 6 nitrogen and oxygen atoms in total. The first-order valence-corrected chi connectivity index (χ1v) is 10.2. The van der Waals surface area contributed by atoms with Gasteiger partial charge in [-0.3, -0.25) is 9.20 Å². The summed E-state index contributed by atoms with van der Waals surface area (Å²) in [6.45, 7) is 2.04. The molecule has 3 heterocycles. The molecule has 136 valence electrons. The van der Waals surface area contributed by atoms with Gasteiger partial charge in [0.2, 0.25) is 11.7 Å². The summed E-state index contributed by atoms with van der Waals surface area (Å²) >= 11 is 4.93. The highest BCUT2D eigenvalue weighted by molar-refractivity contribution is 9.10. The first-order chi connectivity index (χ1) is 13.1. The SMILES string of the molecule is Cc1ccc(-c2noc(CSCc3cc(=O)n4cc(Br)ccc4n3)n2)cc1. The molecule has 4 aromatic rings. The number of hydrogen-bond acceptors (Lipinski definition) is 6. The van der Waals surface area contributed by atoms with E-state index >= 15 is 0 Å². The average Bonchev–Trinajstić information content (AvgIpc) is 3.12. The number of thioether (sulfide) groups is 1. The topological polar surface area (TPSA) is 73.3 Å². The fourth-order valence-electron chi connectivity index (χ4n) is 2.58. The first kappa shape index (κ1) is 17.9. The van der Waals surface area contributed by atoms with E-state index in [1.165, 1.54) is 9.96 Å². The van der Waals surface area contributed by atoms with E-state index in [1.54, 1.807) is 24.0 Å². The standard InChI is InChI=1S/C19H15BrN4O2S/c1-12-2-4-13(5-3-12)19-22-17(26-23-19)11-27-10-15-8-18(25)24-9-14(20)6-7-16(24)21-15/h2-9H,10-11H2,1H3. The van der Waals surface area contributed by atoms with Gasteiger partial charge in [0.15, 0.2) is 0 Å². The number of nitrogens with zero attached hydrogens (tertiary/aromatic N) is 4. The highest BCUT2D eigenvalue weighted by Crippen LogP contribution is 2.20. The van der Waals surface area contributed by atoms with Crippen molar-refractivity contribution < 1.29 is 4.52 Å². The fraction of sp³-hybridized carbons (Fsp3) is 0.158. The summed E-state index contributed by atoms with van der Waals surface area (Å²) in [5.41, 5.74) is 3.36. The highest BCUT2D eigenvalue weighted by atomic mass is 79.9. The summed E-state index contributed by atoms with van der Waals surface area (Å²) in [6.07, 6.45) is 1.71. The van der Waals surface area contributed by atoms with Crippen molar-refractivity contribution in [1.82, 2.24) is 19.5 Å². The van der Waals surface area contributed by atoms with Crippen LogP contribution in [-0.2, 0) is 11.5 Å². The number of pyridine rings is 1. The van der Waals surface area contributed by atoms with Crippen molar-refractivity contribution >= 4 is 33.3 Å². The largest absolute Gasteiger partial charge is 0.338 e. The number of fused-ring (bicyclic) bond motifs is 1. The summed E-state index contributed by atoms with van der Waals surface area (Å²) in [6, 6.07) is 13.2. The molecule has 0 N–H and O–H groups in total. The number of benzene rings is 1. The van der Waals surface area contributed by atoms with Gasteiger partial charge in [0, 0.05) is 28.1 Å². The monoisotopic (exact) mass is 442 g/mol. The van der Waals surface area contributed by atoms with Gasteiger partial charge in [0.25, 0.3) is 5.56 Å². The van der Waals surface area contributed by atoms with Crippen molar-refractivity contribution in [3.63, 3.8) is 0 Å². The van der Waals surface area contributed by atoms with E-state index in [1.807, 2.05) is 43.3 Å². The zero-order valence-corrected chi connectivity index (χ0v) is 16.8. The van der Waals surface area contributed by atoms with E-state index in [0.29, 0.717) is 28.9 Å². The zero-order chi connectivity index (χ0) is 18.8. The zero-order valence-electron chi connectivity index (χ0n) is 14.4. The second-order valence-electron chi connectivity index (χ2n) is 6.03. The number of aromatic nitrogens is 4. The Morgan fingerprint density at radius 3 is 2.74 bits per heavy atom. The van der Waals surface area contributed by atoms with Crippen LogP contribution in [0, 0.1) is 6.92 Å². The van der Waals surface area contributed by atoms with Crippen molar-refractivity contribution in [3.05, 3.63) is 80.6 Å². The molecule has 0 radical (unpaired) electrons. The van der Waals surface area contributed by atoms with Crippen LogP contribution in [-0.4, -0.2) is 19.5 Å². The lowest BCUT2D eigenvalue weighted by Gasteiger charge is -2.03. The van der Waals surface area contributed by atoms with Gasteiger partial charge >= 0.3 is 0 Å². The maximum Gasteiger partial charge on any atom is 0.258 e. The van der Waals surface area contributed by atoms with Gasteiger partial charge in [0.1, 0.15) is 5.65 Å². The predicted octanol–water partition coefficient (Wildman–Crippen LogP) is 4.25. The van der Waals surface area contributed by atoms with E-state index in [9.17, 15) is 4.79 Å². The van der Waals surface area contributed by atoms with Gasteiger partial charge < -0.3 is 4.52 Å². The summed E-state index contributed by atoms with van der Waals surface area (Å²) in [5, 5.41) is 4.03. The van der Waals surface area contributed by atoms with Crippen LogP contribution in [0.15, 0.2) is 62.5 Å². The molecule has 4 rings (SSSR count). The maximum absolute atomic E-state index is 12.2. The van der Waals surface area contributed by atoms with Crippen molar-refractivity contribution in [1.29, 1.82) is 0 Å². The number of aryl methyl sites for hydroxylation is 1. The first-order valence-electron chi connectivity index (χ1n) is 8.24. The van der Waals surface area contributed by atoms with Crippen LogP contribution >= 0.6 is 27.7 Å². The summed E-state index contributed by atoms with van der Waals surface area (Å²) in [4.78, 5) is 21.2. The third kappa shape index (κ3) is 4.12. The molecular weight excluding hydrogens is 428 g/mol. The Kier molecular flexibility index (Phi) is 5.09. The third-order valence-corrected chi connectivity index (χ3v) is 5.35. The molecule has 0 amide bonds. The van der Waals surface area contributed by atoms with E-state index < -0.39 is 0 Å². The van der Waals surface area contributed by atoms with Gasteiger partial charge in [-0.25, -0.2) is 4.98 Å². The Hall–Kier alpha value is -2.45.